The fraction of sp³-hybridized carbons (Fsp3) is 0.350. The number of carbonyl (C=O) groups is 1. The molecule has 2 aromatic rings. The maximum Gasteiger partial charge on any atom is 0.220 e. The van der Waals surface area contributed by atoms with Crippen LogP contribution in [0.5, 0.6) is 0 Å². The Balaban J connectivity index is 1.41. The summed E-state index contributed by atoms with van der Waals surface area (Å²) in [4.78, 5) is 15.7. The van der Waals surface area contributed by atoms with Gasteiger partial charge in [0.25, 0.3) is 0 Å². The number of hydrogen-bond donors (Lipinski definition) is 1. The third-order valence-corrected chi connectivity index (χ3v) is 5.35. The van der Waals surface area contributed by atoms with E-state index < -0.39 is 0 Å². The molecular formula is C20H24N2OS. The van der Waals surface area contributed by atoms with Crippen molar-refractivity contribution in [3.8, 4) is 0 Å². The van der Waals surface area contributed by atoms with Crippen molar-refractivity contribution in [2.75, 3.05) is 23.7 Å². The molecule has 1 heterocycles. The second kappa shape index (κ2) is 8.78. The number of benzene rings is 2. The molecule has 2 aromatic carbocycles. The van der Waals surface area contributed by atoms with Gasteiger partial charge in [-0.15, -0.1) is 11.8 Å². The van der Waals surface area contributed by atoms with Crippen LogP contribution in [0.25, 0.3) is 0 Å². The molecular weight excluding hydrogens is 316 g/mol. The number of nitrogens with one attached hydrogen (secondary N) is 1. The normalized spacial score (nSPS) is 17.0. The summed E-state index contributed by atoms with van der Waals surface area (Å²) >= 11 is 1.73. The maximum absolute atomic E-state index is 12.1. The van der Waals surface area contributed by atoms with E-state index in [1.165, 1.54) is 17.0 Å². The molecule has 0 radical (unpaired) electrons. The zero-order chi connectivity index (χ0) is 16.6. The van der Waals surface area contributed by atoms with Crippen molar-refractivity contribution in [2.24, 2.45) is 0 Å². The molecule has 4 heteroatoms. The van der Waals surface area contributed by atoms with E-state index >= 15 is 0 Å². The Morgan fingerprint density at radius 2 is 1.79 bits per heavy atom. The van der Waals surface area contributed by atoms with Crippen LogP contribution < -0.4 is 10.2 Å². The highest BCUT2D eigenvalue weighted by Crippen LogP contribution is 2.24. The number of amides is 1. The zero-order valence-electron chi connectivity index (χ0n) is 13.9. The lowest BCUT2D eigenvalue weighted by molar-refractivity contribution is -0.120. The summed E-state index contributed by atoms with van der Waals surface area (Å²) in [6, 6.07) is 21.1. The van der Waals surface area contributed by atoms with Crippen LogP contribution in [-0.2, 0) is 4.79 Å². The van der Waals surface area contributed by atoms with Gasteiger partial charge in [-0.25, -0.2) is 0 Å². The first-order chi connectivity index (χ1) is 11.8. The van der Waals surface area contributed by atoms with Crippen LogP contribution in [-0.4, -0.2) is 30.8 Å². The lowest BCUT2D eigenvalue weighted by Crippen LogP contribution is -2.40. The lowest BCUT2D eigenvalue weighted by Gasteiger charge is -2.27. The second-order valence-corrected chi connectivity index (χ2v) is 7.21. The summed E-state index contributed by atoms with van der Waals surface area (Å²) in [5.41, 5.74) is 1.26. The van der Waals surface area contributed by atoms with Crippen LogP contribution in [0.2, 0.25) is 0 Å². The van der Waals surface area contributed by atoms with Crippen molar-refractivity contribution in [3.05, 3.63) is 60.7 Å². The van der Waals surface area contributed by atoms with E-state index in [0.29, 0.717) is 12.5 Å². The number of carbonyl (C=O) groups excluding carboxylic acids is 1. The van der Waals surface area contributed by atoms with Crippen LogP contribution in [0.1, 0.15) is 19.3 Å². The smallest absolute Gasteiger partial charge is 0.220 e. The Hall–Kier alpha value is -1.94. The molecule has 1 atom stereocenters. The molecule has 1 N–H and O–H groups in total. The zero-order valence-corrected chi connectivity index (χ0v) is 14.7. The molecule has 3 nitrogen and oxygen atoms in total. The molecule has 1 aliphatic heterocycles. The number of rotatable bonds is 7. The molecule has 1 aliphatic rings. The topological polar surface area (TPSA) is 32.3 Å². The Labute approximate surface area is 148 Å². The number of nitrogens with zero attached hydrogens (tertiary/aromatic N) is 1. The molecule has 3 rings (SSSR count). The van der Waals surface area contributed by atoms with Crippen LogP contribution >= 0.6 is 11.8 Å². The molecule has 0 spiro atoms. The molecule has 1 amide bonds. The first kappa shape index (κ1) is 16.9. The summed E-state index contributed by atoms with van der Waals surface area (Å²) in [6.45, 7) is 1.82. The van der Waals surface area contributed by atoms with Crippen molar-refractivity contribution < 1.29 is 4.79 Å². The molecule has 0 aromatic heterocycles. The van der Waals surface area contributed by atoms with Gasteiger partial charge in [-0.05, 0) is 37.1 Å². The van der Waals surface area contributed by atoms with Crippen molar-refractivity contribution in [1.29, 1.82) is 0 Å². The van der Waals surface area contributed by atoms with E-state index in [4.69, 9.17) is 0 Å². The van der Waals surface area contributed by atoms with Gasteiger partial charge in [-0.3, -0.25) is 4.79 Å². The van der Waals surface area contributed by atoms with Crippen LogP contribution in [0.4, 0.5) is 5.69 Å². The van der Waals surface area contributed by atoms with Gasteiger partial charge >= 0.3 is 0 Å². The number of anilines is 1. The van der Waals surface area contributed by atoms with Gasteiger partial charge in [0.05, 0.1) is 0 Å². The SMILES string of the molecule is O=C(CCSc1ccccc1)NCC1CCCN1c1ccccc1. The molecule has 1 saturated heterocycles. The van der Waals surface area contributed by atoms with E-state index in [9.17, 15) is 4.79 Å². The molecule has 0 bridgehead atoms. The summed E-state index contributed by atoms with van der Waals surface area (Å²) in [6.07, 6.45) is 2.91. The van der Waals surface area contributed by atoms with E-state index in [-0.39, 0.29) is 5.91 Å². The Kier molecular flexibility index (Phi) is 6.19. The van der Waals surface area contributed by atoms with Crippen LogP contribution in [0.3, 0.4) is 0 Å². The number of para-hydroxylation sites is 1. The predicted molar refractivity (Wildman–Crippen MR) is 102 cm³/mol. The van der Waals surface area contributed by atoms with E-state index in [1.54, 1.807) is 11.8 Å². The third kappa shape index (κ3) is 4.78. The van der Waals surface area contributed by atoms with Crippen LogP contribution in [0, 0.1) is 0 Å². The quantitative estimate of drug-likeness (QED) is 0.775. The Bertz CT molecular complexity index is 633. The average Bonchev–Trinajstić information content (AvgIpc) is 3.10. The highest BCUT2D eigenvalue weighted by Gasteiger charge is 2.24. The highest BCUT2D eigenvalue weighted by atomic mass is 32.2. The summed E-state index contributed by atoms with van der Waals surface area (Å²) < 4.78 is 0. The maximum atomic E-state index is 12.1. The predicted octanol–water partition coefficient (Wildman–Crippen LogP) is 3.95. The minimum absolute atomic E-state index is 0.151. The average molecular weight is 340 g/mol. The largest absolute Gasteiger partial charge is 0.367 e. The molecule has 126 valence electrons. The van der Waals surface area contributed by atoms with E-state index in [0.717, 1.165) is 25.3 Å². The highest BCUT2D eigenvalue weighted by molar-refractivity contribution is 7.99. The van der Waals surface area contributed by atoms with Crippen molar-refractivity contribution >= 4 is 23.4 Å². The van der Waals surface area contributed by atoms with Gasteiger partial charge < -0.3 is 10.2 Å². The molecule has 0 aliphatic carbocycles. The second-order valence-electron chi connectivity index (χ2n) is 6.04. The lowest BCUT2D eigenvalue weighted by atomic mass is 10.2. The minimum Gasteiger partial charge on any atom is -0.367 e. The van der Waals surface area contributed by atoms with Gasteiger partial charge in [-0.1, -0.05) is 36.4 Å². The fourth-order valence-electron chi connectivity index (χ4n) is 3.11. The molecule has 1 unspecified atom stereocenters. The van der Waals surface area contributed by atoms with Gasteiger partial charge in [0.2, 0.25) is 5.91 Å². The Morgan fingerprint density at radius 3 is 2.54 bits per heavy atom. The molecule has 1 fully saturated rings. The first-order valence-electron chi connectivity index (χ1n) is 8.59. The number of hydrogen-bond acceptors (Lipinski definition) is 3. The van der Waals surface area contributed by atoms with Crippen molar-refractivity contribution in [2.45, 2.75) is 30.2 Å². The number of thioether (sulfide) groups is 1. The standard InChI is InChI=1S/C20H24N2OS/c23-20(13-15-24-19-11-5-2-6-12-19)21-16-18-10-7-14-22(18)17-8-3-1-4-9-17/h1-6,8-9,11-12,18H,7,10,13-16H2,(H,21,23). The van der Waals surface area contributed by atoms with Crippen LogP contribution in [0.15, 0.2) is 65.6 Å². The molecule has 0 saturated carbocycles. The van der Waals surface area contributed by atoms with Gasteiger partial charge in [0, 0.05) is 41.9 Å². The van der Waals surface area contributed by atoms with E-state index in [2.05, 4.69) is 46.6 Å². The monoisotopic (exact) mass is 340 g/mol. The Morgan fingerprint density at radius 1 is 1.08 bits per heavy atom. The van der Waals surface area contributed by atoms with Gasteiger partial charge in [0.1, 0.15) is 0 Å². The van der Waals surface area contributed by atoms with Crippen molar-refractivity contribution in [3.63, 3.8) is 0 Å². The minimum atomic E-state index is 0.151. The van der Waals surface area contributed by atoms with Crippen molar-refractivity contribution in [1.82, 2.24) is 5.32 Å². The summed E-state index contributed by atoms with van der Waals surface area (Å²) in [5.74, 6) is 0.974. The first-order valence-corrected chi connectivity index (χ1v) is 9.58. The third-order valence-electron chi connectivity index (χ3n) is 4.34. The van der Waals surface area contributed by atoms with E-state index in [1.807, 2.05) is 24.3 Å². The van der Waals surface area contributed by atoms with Gasteiger partial charge in [-0.2, -0.15) is 0 Å². The summed E-state index contributed by atoms with van der Waals surface area (Å²) in [7, 11) is 0. The molecule has 24 heavy (non-hydrogen) atoms. The summed E-state index contributed by atoms with van der Waals surface area (Å²) in [5, 5.41) is 3.12. The van der Waals surface area contributed by atoms with Gasteiger partial charge in [0.15, 0.2) is 0 Å². The fourth-order valence-corrected chi connectivity index (χ4v) is 3.98.